The Balaban J connectivity index is 1.92. The number of hydrogen-bond donors (Lipinski definition) is 2. The number of nitrogens with one attached hydrogen (secondary N) is 2. The van der Waals surface area contributed by atoms with Crippen LogP contribution in [0, 0.1) is 5.92 Å². The van der Waals surface area contributed by atoms with E-state index in [-0.39, 0.29) is 18.0 Å². The van der Waals surface area contributed by atoms with Gasteiger partial charge >= 0.3 is 6.03 Å². The van der Waals surface area contributed by atoms with Gasteiger partial charge in [0.05, 0.1) is 16.2 Å². The maximum absolute atomic E-state index is 12.8. The molecule has 1 atom stereocenters. The second-order valence-corrected chi connectivity index (χ2v) is 8.50. The lowest BCUT2D eigenvalue weighted by molar-refractivity contribution is -0.119. The van der Waals surface area contributed by atoms with Gasteiger partial charge in [-0.25, -0.2) is 4.79 Å². The van der Waals surface area contributed by atoms with Crippen molar-refractivity contribution in [3.05, 3.63) is 47.3 Å². The molecule has 0 bridgehead atoms. The van der Waals surface area contributed by atoms with Gasteiger partial charge in [0, 0.05) is 13.1 Å². The maximum Gasteiger partial charge on any atom is 0.321 e. The zero-order valence-electron chi connectivity index (χ0n) is 17.1. The van der Waals surface area contributed by atoms with Gasteiger partial charge in [-0.1, -0.05) is 43.8 Å². The molecule has 0 spiro atoms. The molecule has 3 amide bonds. The topological polar surface area (TPSA) is 110 Å². The lowest BCUT2D eigenvalue weighted by Crippen LogP contribution is -2.43. The fourth-order valence-electron chi connectivity index (χ4n) is 2.87. The van der Waals surface area contributed by atoms with Crippen molar-refractivity contribution in [2.45, 2.75) is 37.7 Å². The average molecular weight is 429 g/mol. The molecule has 1 aromatic carbocycles. The number of amides is 3. The molecule has 30 heavy (non-hydrogen) atoms. The van der Waals surface area contributed by atoms with Gasteiger partial charge < -0.3 is 5.32 Å². The first kappa shape index (κ1) is 21.6. The number of allylic oxidation sites excluding steroid dienone is 1. The van der Waals surface area contributed by atoms with Crippen molar-refractivity contribution in [3.63, 3.8) is 0 Å². The van der Waals surface area contributed by atoms with Gasteiger partial charge in [-0.05, 0) is 25.0 Å². The van der Waals surface area contributed by atoms with Crippen LogP contribution in [-0.2, 0) is 11.3 Å². The van der Waals surface area contributed by atoms with Gasteiger partial charge in [-0.15, -0.1) is 16.8 Å². The Hall–Kier alpha value is -3.14. The third-order valence-corrected chi connectivity index (χ3v) is 5.39. The number of urea groups is 1. The minimum atomic E-state index is -0.610. The van der Waals surface area contributed by atoms with E-state index < -0.39 is 17.2 Å². The lowest BCUT2D eigenvalue weighted by atomic mass is 10.2. The van der Waals surface area contributed by atoms with E-state index in [4.69, 9.17) is 0 Å². The molecule has 10 heteroatoms. The Labute approximate surface area is 177 Å². The molecule has 0 radical (unpaired) electrons. The summed E-state index contributed by atoms with van der Waals surface area (Å²) in [7, 11) is 0. The first-order chi connectivity index (χ1) is 14.3. The summed E-state index contributed by atoms with van der Waals surface area (Å²) in [6.45, 7) is 10.1. The first-order valence-electron chi connectivity index (χ1n) is 9.56. The van der Waals surface area contributed by atoms with Crippen molar-refractivity contribution in [1.82, 2.24) is 29.8 Å². The summed E-state index contributed by atoms with van der Waals surface area (Å²) in [5.41, 5.74) is 0.460. The summed E-state index contributed by atoms with van der Waals surface area (Å²) >= 11 is 1.16. The number of para-hydroxylation sites is 1. The molecule has 158 valence electrons. The molecule has 2 aromatic heterocycles. The van der Waals surface area contributed by atoms with Crippen LogP contribution < -0.4 is 16.2 Å². The van der Waals surface area contributed by atoms with E-state index in [0.717, 1.165) is 11.8 Å². The second-order valence-electron chi connectivity index (χ2n) is 7.19. The van der Waals surface area contributed by atoms with E-state index in [1.54, 1.807) is 35.6 Å². The van der Waals surface area contributed by atoms with Crippen LogP contribution in [0.5, 0.6) is 0 Å². The summed E-state index contributed by atoms with van der Waals surface area (Å²) in [6.07, 6.45) is 1.61. The van der Waals surface area contributed by atoms with E-state index in [2.05, 4.69) is 27.4 Å². The average Bonchev–Trinajstić information content (AvgIpc) is 3.13. The molecule has 3 rings (SSSR count). The third-order valence-electron chi connectivity index (χ3n) is 4.35. The van der Waals surface area contributed by atoms with Crippen LogP contribution in [0.4, 0.5) is 4.79 Å². The molecule has 0 aliphatic rings. The number of imide groups is 1. The molecular weight excluding hydrogens is 404 g/mol. The van der Waals surface area contributed by atoms with Gasteiger partial charge in [0.2, 0.25) is 11.7 Å². The number of hydrogen-bond acceptors (Lipinski definition) is 6. The number of carbonyl (C=O) groups excluding carboxylic acids is 2. The monoisotopic (exact) mass is 428 g/mol. The molecule has 0 saturated carbocycles. The number of carbonyl (C=O) groups is 2. The normalized spacial score (nSPS) is 12.3. The van der Waals surface area contributed by atoms with E-state index in [0.29, 0.717) is 28.4 Å². The number of benzene rings is 1. The smallest absolute Gasteiger partial charge is 0.321 e. The summed E-state index contributed by atoms with van der Waals surface area (Å²) in [5.74, 6) is 0.201. The van der Waals surface area contributed by atoms with Crippen LogP contribution in [0.2, 0.25) is 0 Å². The number of thioether (sulfide) groups is 1. The van der Waals surface area contributed by atoms with Crippen LogP contribution >= 0.6 is 11.8 Å². The van der Waals surface area contributed by atoms with Crippen molar-refractivity contribution in [2.75, 3.05) is 6.54 Å². The number of fused-ring (bicyclic) bond motifs is 3. The van der Waals surface area contributed by atoms with Gasteiger partial charge in [0.15, 0.2) is 5.16 Å². The first-order valence-corrected chi connectivity index (χ1v) is 10.4. The molecule has 0 aliphatic carbocycles. The third kappa shape index (κ3) is 4.38. The van der Waals surface area contributed by atoms with Crippen molar-refractivity contribution in [3.8, 4) is 0 Å². The van der Waals surface area contributed by atoms with Gasteiger partial charge in [0.25, 0.3) is 5.56 Å². The highest BCUT2D eigenvalue weighted by molar-refractivity contribution is 8.00. The van der Waals surface area contributed by atoms with Crippen LogP contribution in [-0.4, -0.2) is 42.9 Å². The summed E-state index contributed by atoms with van der Waals surface area (Å²) in [6, 6.07) is 6.62. The molecule has 2 heterocycles. The molecule has 0 saturated heterocycles. The fourth-order valence-corrected chi connectivity index (χ4v) is 3.73. The standard InChI is InChI=1S/C20H24N6O3S/c1-5-10-25-17(28)14-8-6-7-9-15(14)26-19(25)23-24-20(26)30-13(4)16(27)22-18(29)21-11-12(2)3/h5-9,12-13H,1,10-11H2,2-4H3,(H2,21,22,27,29). The summed E-state index contributed by atoms with van der Waals surface area (Å²) in [4.78, 5) is 37.1. The fraction of sp³-hybridized carbons (Fsp3) is 0.350. The van der Waals surface area contributed by atoms with Crippen LogP contribution in [0.15, 0.2) is 46.9 Å². The zero-order valence-corrected chi connectivity index (χ0v) is 17.9. The van der Waals surface area contributed by atoms with Crippen LogP contribution in [0.25, 0.3) is 16.7 Å². The van der Waals surface area contributed by atoms with Crippen molar-refractivity contribution in [2.24, 2.45) is 5.92 Å². The lowest BCUT2D eigenvalue weighted by Gasteiger charge is -2.13. The second kappa shape index (κ2) is 9.12. The van der Waals surface area contributed by atoms with Crippen molar-refractivity contribution >= 4 is 40.4 Å². The van der Waals surface area contributed by atoms with E-state index in [1.165, 1.54) is 4.57 Å². The quantitative estimate of drug-likeness (QED) is 0.441. The highest BCUT2D eigenvalue weighted by Gasteiger charge is 2.22. The molecule has 2 N–H and O–H groups in total. The largest absolute Gasteiger partial charge is 0.338 e. The minimum absolute atomic E-state index is 0.186. The predicted molar refractivity (Wildman–Crippen MR) is 117 cm³/mol. The van der Waals surface area contributed by atoms with Crippen LogP contribution in [0.3, 0.4) is 0 Å². The van der Waals surface area contributed by atoms with Crippen LogP contribution in [0.1, 0.15) is 20.8 Å². The Bertz CT molecular complexity index is 1170. The predicted octanol–water partition coefficient (Wildman–Crippen LogP) is 2.19. The Morgan fingerprint density at radius 1 is 1.23 bits per heavy atom. The zero-order chi connectivity index (χ0) is 21.8. The summed E-state index contributed by atoms with van der Waals surface area (Å²) in [5, 5.41) is 13.7. The Kier molecular flexibility index (Phi) is 6.56. The molecule has 3 aromatic rings. The van der Waals surface area contributed by atoms with Gasteiger partial charge in [0.1, 0.15) is 0 Å². The molecule has 0 aliphatic heterocycles. The van der Waals surface area contributed by atoms with E-state index in [9.17, 15) is 14.4 Å². The van der Waals surface area contributed by atoms with Crippen molar-refractivity contribution < 1.29 is 9.59 Å². The number of aromatic nitrogens is 4. The maximum atomic E-state index is 12.8. The minimum Gasteiger partial charge on any atom is -0.338 e. The summed E-state index contributed by atoms with van der Waals surface area (Å²) < 4.78 is 3.23. The SMILES string of the molecule is C=CCn1c(=O)c2ccccc2n2c(SC(C)C(=O)NC(=O)NCC(C)C)nnc12. The Morgan fingerprint density at radius 2 is 1.97 bits per heavy atom. The molecular formula is C20H24N6O3S. The molecule has 9 nitrogen and oxygen atoms in total. The van der Waals surface area contributed by atoms with Gasteiger partial charge in [-0.2, -0.15) is 0 Å². The highest BCUT2D eigenvalue weighted by Crippen LogP contribution is 2.25. The van der Waals surface area contributed by atoms with E-state index in [1.807, 2.05) is 19.9 Å². The number of nitrogens with zero attached hydrogens (tertiary/aromatic N) is 4. The molecule has 1 unspecified atom stereocenters. The van der Waals surface area contributed by atoms with Crippen molar-refractivity contribution in [1.29, 1.82) is 0 Å². The number of rotatable bonds is 7. The van der Waals surface area contributed by atoms with E-state index >= 15 is 0 Å². The van der Waals surface area contributed by atoms with Gasteiger partial charge in [-0.3, -0.25) is 23.9 Å². The highest BCUT2D eigenvalue weighted by atomic mass is 32.2. The molecule has 0 fully saturated rings. The Morgan fingerprint density at radius 3 is 2.67 bits per heavy atom.